The van der Waals surface area contributed by atoms with Gasteiger partial charge in [-0.25, -0.2) is 0 Å². The highest BCUT2D eigenvalue weighted by Gasteiger charge is 1.96. The van der Waals surface area contributed by atoms with Crippen LogP contribution in [0.1, 0.15) is 56.6 Å². The van der Waals surface area contributed by atoms with Crippen LogP contribution in [-0.2, 0) is 12.8 Å². The Morgan fingerprint density at radius 1 is 0.882 bits per heavy atom. The molecule has 95 valence electrons. The number of rotatable bonds is 9. The first-order chi connectivity index (χ1) is 8.36. The molecule has 0 saturated heterocycles. The normalized spacial score (nSPS) is 10.7. The highest BCUT2D eigenvalue weighted by atomic mass is 16.2. The molecule has 0 aliphatic rings. The molecule has 0 aliphatic heterocycles. The summed E-state index contributed by atoms with van der Waals surface area (Å²) in [7, 11) is 0. The highest BCUT2D eigenvalue weighted by Crippen LogP contribution is 2.11. The largest absolute Gasteiger partial charge is 0.390 e. The molecule has 1 heteroatoms. The van der Waals surface area contributed by atoms with Gasteiger partial charge in [0.2, 0.25) is 0 Å². The van der Waals surface area contributed by atoms with Gasteiger partial charge in [-0.15, -0.1) is 0 Å². The van der Waals surface area contributed by atoms with Gasteiger partial charge >= 0.3 is 0 Å². The van der Waals surface area contributed by atoms with Crippen LogP contribution in [0, 0.1) is 6.61 Å². The first kappa shape index (κ1) is 14.2. The molecule has 0 aliphatic carbocycles. The third-order valence-corrected chi connectivity index (χ3v) is 3.17. The van der Waals surface area contributed by atoms with Crippen molar-refractivity contribution in [3.05, 3.63) is 42.0 Å². The molecular weight excluding hydrogens is 208 g/mol. The van der Waals surface area contributed by atoms with Crippen molar-refractivity contribution >= 4 is 0 Å². The Morgan fingerprint density at radius 3 is 2.12 bits per heavy atom. The van der Waals surface area contributed by atoms with Crippen molar-refractivity contribution in [2.75, 3.05) is 0 Å². The van der Waals surface area contributed by atoms with Crippen molar-refractivity contribution in [1.82, 2.24) is 0 Å². The average molecular weight is 233 g/mol. The molecule has 0 heterocycles. The third kappa shape index (κ3) is 6.48. The van der Waals surface area contributed by atoms with Crippen molar-refractivity contribution in [2.24, 2.45) is 0 Å². The number of aryl methyl sites for hydroxylation is 1. The lowest BCUT2D eigenvalue weighted by Gasteiger charge is -2.03. The van der Waals surface area contributed by atoms with Crippen molar-refractivity contribution in [3.63, 3.8) is 0 Å². The van der Waals surface area contributed by atoms with Gasteiger partial charge in [0.25, 0.3) is 0 Å². The molecule has 1 rings (SSSR count). The highest BCUT2D eigenvalue weighted by molar-refractivity contribution is 5.23. The van der Waals surface area contributed by atoms with Gasteiger partial charge in [0.15, 0.2) is 0 Å². The van der Waals surface area contributed by atoms with E-state index in [1.807, 2.05) is 0 Å². The van der Waals surface area contributed by atoms with Crippen LogP contribution in [0.2, 0.25) is 0 Å². The van der Waals surface area contributed by atoms with E-state index in [4.69, 9.17) is 5.11 Å². The molecule has 1 aromatic rings. The van der Waals surface area contributed by atoms with E-state index in [1.54, 1.807) is 0 Å². The van der Waals surface area contributed by atoms with E-state index in [1.165, 1.54) is 62.7 Å². The van der Waals surface area contributed by atoms with Gasteiger partial charge in [0.1, 0.15) is 0 Å². The molecular formula is C16H25O. The standard InChI is InChI=1S/C16H25O/c1-2-3-4-5-6-7-8-15-9-11-16(12-10-15)13-14-17/h9-12,14,17H,2-8,13H2,1H3. The Labute approximate surface area is 106 Å². The first-order valence-corrected chi connectivity index (χ1v) is 6.90. The van der Waals surface area contributed by atoms with E-state index in [-0.39, 0.29) is 0 Å². The molecule has 0 aromatic heterocycles. The molecule has 0 bridgehead atoms. The zero-order valence-corrected chi connectivity index (χ0v) is 11.0. The second-order valence-electron chi connectivity index (χ2n) is 4.72. The van der Waals surface area contributed by atoms with E-state index in [0.717, 1.165) is 0 Å². The predicted octanol–water partition coefficient (Wildman–Crippen LogP) is 4.67. The smallest absolute Gasteiger partial charge is 0.0842 e. The van der Waals surface area contributed by atoms with E-state index in [0.29, 0.717) is 6.42 Å². The second kappa shape index (κ2) is 9.23. The van der Waals surface area contributed by atoms with Gasteiger partial charge in [0.05, 0.1) is 6.61 Å². The summed E-state index contributed by atoms with van der Waals surface area (Å²) in [6.07, 6.45) is 9.97. The lowest BCUT2D eigenvalue weighted by Crippen LogP contribution is -1.89. The molecule has 0 fully saturated rings. The predicted molar refractivity (Wildman–Crippen MR) is 73.5 cm³/mol. The molecule has 1 nitrogen and oxygen atoms in total. The van der Waals surface area contributed by atoms with Crippen LogP contribution < -0.4 is 0 Å². The second-order valence-corrected chi connectivity index (χ2v) is 4.72. The maximum atomic E-state index is 8.71. The van der Waals surface area contributed by atoms with Crippen molar-refractivity contribution < 1.29 is 5.11 Å². The van der Waals surface area contributed by atoms with Gasteiger partial charge in [-0.05, 0) is 24.0 Å². The summed E-state index contributed by atoms with van der Waals surface area (Å²) in [4.78, 5) is 0. The Morgan fingerprint density at radius 2 is 1.47 bits per heavy atom. The first-order valence-electron chi connectivity index (χ1n) is 6.90. The van der Waals surface area contributed by atoms with E-state index < -0.39 is 0 Å². The molecule has 1 aromatic carbocycles. The monoisotopic (exact) mass is 233 g/mol. The molecule has 17 heavy (non-hydrogen) atoms. The van der Waals surface area contributed by atoms with Gasteiger partial charge < -0.3 is 5.11 Å². The van der Waals surface area contributed by atoms with Crippen LogP contribution in [0.15, 0.2) is 24.3 Å². The summed E-state index contributed by atoms with van der Waals surface area (Å²) in [5, 5.41) is 8.71. The number of benzene rings is 1. The van der Waals surface area contributed by atoms with Crippen LogP contribution in [-0.4, -0.2) is 5.11 Å². The summed E-state index contributed by atoms with van der Waals surface area (Å²) in [5.74, 6) is 0. The number of hydrogen-bond donors (Lipinski definition) is 1. The number of unbranched alkanes of at least 4 members (excludes halogenated alkanes) is 5. The van der Waals surface area contributed by atoms with Crippen LogP contribution in [0.4, 0.5) is 0 Å². The average Bonchev–Trinajstić information content (AvgIpc) is 2.36. The van der Waals surface area contributed by atoms with Gasteiger partial charge in [-0.3, -0.25) is 0 Å². The minimum absolute atomic E-state index is 0.650. The summed E-state index contributed by atoms with van der Waals surface area (Å²) >= 11 is 0. The maximum absolute atomic E-state index is 8.71. The van der Waals surface area contributed by atoms with Gasteiger partial charge in [0, 0.05) is 6.42 Å². The molecule has 1 N–H and O–H groups in total. The third-order valence-electron chi connectivity index (χ3n) is 3.17. The Hall–Kier alpha value is -0.820. The summed E-state index contributed by atoms with van der Waals surface area (Å²) in [6, 6.07) is 8.59. The quantitative estimate of drug-likeness (QED) is 0.615. The Kier molecular flexibility index (Phi) is 7.74. The molecule has 0 unspecified atom stereocenters. The summed E-state index contributed by atoms with van der Waals surface area (Å²) in [6.45, 7) is 3.47. The topological polar surface area (TPSA) is 20.2 Å². The SMILES string of the molecule is CCCCCCCCc1ccc(C[CH]O)cc1. The lowest BCUT2D eigenvalue weighted by atomic mass is 10.0. The number of aliphatic hydroxyl groups excluding tert-OH is 1. The zero-order chi connectivity index (χ0) is 12.3. The maximum Gasteiger partial charge on any atom is 0.0842 e. The van der Waals surface area contributed by atoms with Gasteiger partial charge in [-0.2, -0.15) is 0 Å². The fourth-order valence-electron chi connectivity index (χ4n) is 2.06. The Balaban J connectivity index is 2.14. The van der Waals surface area contributed by atoms with Crippen molar-refractivity contribution in [2.45, 2.75) is 58.3 Å². The van der Waals surface area contributed by atoms with Crippen LogP contribution in [0.5, 0.6) is 0 Å². The number of hydrogen-bond acceptors (Lipinski definition) is 1. The fourth-order valence-corrected chi connectivity index (χ4v) is 2.06. The van der Waals surface area contributed by atoms with E-state index >= 15 is 0 Å². The van der Waals surface area contributed by atoms with Crippen LogP contribution in [0.3, 0.4) is 0 Å². The van der Waals surface area contributed by atoms with Crippen LogP contribution in [0.25, 0.3) is 0 Å². The molecule has 0 saturated carbocycles. The van der Waals surface area contributed by atoms with Crippen LogP contribution >= 0.6 is 0 Å². The summed E-state index contributed by atoms with van der Waals surface area (Å²) < 4.78 is 0. The zero-order valence-electron chi connectivity index (χ0n) is 11.0. The molecule has 0 spiro atoms. The van der Waals surface area contributed by atoms with Crippen molar-refractivity contribution in [3.8, 4) is 0 Å². The number of aliphatic hydroxyl groups is 1. The van der Waals surface area contributed by atoms with Gasteiger partial charge in [-0.1, -0.05) is 63.3 Å². The minimum atomic E-state index is 0.650. The Bertz CT molecular complexity index is 276. The molecule has 0 atom stereocenters. The minimum Gasteiger partial charge on any atom is -0.390 e. The molecule has 1 radical (unpaired) electrons. The molecule has 0 amide bonds. The fraction of sp³-hybridized carbons (Fsp3) is 0.562. The van der Waals surface area contributed by atoms with Crippen molar-refractivity contribution in [1.29, 1.82) is 0 Å². The lowest BCUT2D eigenvalue weighted by molar-refractivity contribution is 0.385. The van der Waals surface area contributed by atoms with E-state index in [9.17, 15) is 0 Å². The summed E-state index contributed by atoms with van der Waals surface area (Å²) in [5.41, 5.74) is 2.60. The van der Waals surface area contributed by atoms with E-state index in [2.05, 4.69) is 31.2 Å².